The molecule has 1 aromatic heterocycles. The number of nitrogens with one attached hydrogen (secondary N) is 2. The maximum atomic E-state index is 12.9. The molecule has 1 aliphatic heterocycles. The summed E-state index contributed by atoms with van der Waals surface area (Å²) in [5, 5.41) is 10.7. The van der Waals surface area contributed by atoms with E-state index < -0.39 is 5.54 Å². The molecule has 0 saturated carbocycles. The van der Waals surface area contributed by atoms with Crippen molar-refractivity contribution in [1.29, 1.82) is 0 Å². The van der Waals surface area contributed by atoms with Crippen LogP contribution in [0.3, 0.4) is 0 Å². The molecule has 1 aliphatic rings. The van der Waals surface area contributed by atoms with Crippen molar-refractivity contribution >= 4 is 46.6 Å². The molecule has 0 radical (unpaired) electrons. The van der Waals surface area contributed by atoms with Crippen LogP contribution in [0.15, 0.2) is 42.7 Å². The van der Waals surface area contributed by atoms with Crippen LogP contribution in [0.1, 0.15) is 12.8 Å². The summed E-state index contributed by atoms with van der Waals surface area (Å²) in [4.78, 5) is 12.9. The summed E-state index contributed by atoms with van der Waals surface area (Å²) in [5.74, 6) is 0.00898. The lowest BCUT2D eigenvalue weighted by atomic mass is 9.87. The highest BCUT2D eigenvalue weighted by atomic mass is 127. The second kappa shape index (κ2) is 7.43. The van der Waals surface area contributed by atoms with Crippen LogP contribution in [0.25, 0.3) is 0 Å². The van der Waals surface area contributed by atoms with Gasteiger partial charge in [0.2, 0.25) is 0 Å². The summed E-state index contributed by atoms with van der Waals surface area (Å²) in [7, 11) is 0. The number of hydrogen-bond donors (Lipinski definition) is 2. The lowest BCUT2D eigenvalue weighted by Gasteiger charge is -2.36. The number of anilines is 1. The number of carbonyl (C=O) groups is 1. The molecule has 2 aromatic rings. The van der Waals surface area contributed by atoms with E-state index in [1.165, 1.54) is 0 Å². The van der Waals surface area contributed by atoms with E-state index in [-0.39, 0.29) is 18.3 Å². The third-order valence-electron chi connectivity index (χ3n) is 3.88. The van der Waals surface area contributed by atoms with Gasteiger partial charge in [-0.3, -0.25) is 9.48 Å². The van der Waals surface area contributed by atoms with Crippen LogP contribution in [-0.2, 0) is 10.3 Å². The average Bonchev–Trinajstić information content (AvgIpc) is 3.02. The van der Waals surface area contributed by atoms with Crippen molar-refractivity contribution in [2.45, 2.75) is 18.4 Å². The summed E-state index contributed by atoms with van der Waals surface area (Å²) in [6.07, 6.45) is 5.08. The first kappa shape index (κ1) is 17.2. The molecular formula is C15H18ClIN4O. The second-order valence-corrected chi connectivity index (χ2v) is 6.44. The van der Waals surface area contributed by atoms with E-state index in [2.05, 4.69) is 38.3 Å². The number of piperidine rings is 1. The zero-order valence-corrected chi connectivity index (χ0v) is 14.9. The van der Waals surface area contributed by atoms with Crippen LogP contribution in [0.5, 0.6) is 0 Å². The average molecular weight is 433 g/mol. The second-order valence-electron chi connectivity index (χ2n) is 5.20. The van der Waals surface area contributed by atoms with E-state index in [1.54, 1.807) is 10.9 Å². The van der Waals surface area contributed by atoms with Crippen molar-refractivity contribution in [3.63, 3.8) is 0 Å². The molecule has 22 heavy (non-hydrogen) atoms. The van der Waals surface area contributed by atoms with Crippen LogP contribution in [0.2, 0.25) is 0 Å². The quantitative estimate of drug-likeness (QED) is 0.733. The Labute approximate surface area is 149 Å². The summed E-state index contributed by atoms with van der Waals surface area (Å²) in [5.41, 5.74) is 0.229. The molecule has 1 amide bonds. The summed E-state index contributed by atoms with van der Waals surface area (Å²) >= 11 is 2.24. The number of halogens is 2. The van der Waals surface area contributed by atoms with Crippen LogP contribution < -0.4 is 10.6 Å². The van der Waals surface area contributed by atoms with Crippen molar-refractivity contribution in [1.82, 2.24) is 15.1 Å². The Balaban J connectivity index is 0.00000176. The van der Waals surface area contributed by atoms with Crippen LogP contribution in [0, 0.1) is 3.57 Å². The fourth-order valence-electron chi connectivity index (χ4n) is 2.74. The number of aromatic nitrogens is 2. The normalized spacial score (nSPS) is 16.6. The van der Waals surface area contributed by atoms with Crippen molar-refractivity contribution in [2.75, 3.05) is 18.4 Å². The molecule has 1 aromatic carbocycles. The van der Waals surface area contributed by atoms with Gasteiger partial charge in [-0.2, -0.15) is 5.10 Å². The molecule has 0 aliphatic carbocycles. The maximum absolute atomic E-state index is 12.9. The van der Waals surface area contributed by atoms with Gasteiger partial charge in [-0.15, -0.1) is 12.4 Å². The Kier molecular flexibility index (Phi) is 5.82. The van der Waals surface area contributed by atoms with Gasteiger partial charge in [0.1, 0.15) is 5.54 Å². The van der Waals surface area contributed by atoms with Gasteiger partial charge in [0.25, 0.3) is 5.91 Å². The lowest BCUT2D eigenvalue weighted by molar-refractivity contribution is -0.126. The minimum atomic E-state index is -0.601. The molecule has 7 heteroatoms. The number of carbonyl (C=O) groups excluding carboxylic acids is 1. The Morgan fingerprint density at radius 1 is 1.32 bits per heavy atom. The van der Waals surface area contributed by atoms with Gasteiger partial charge < -0.3 is 10.6 Å². The fourth-order valence-corrected chi connectivity index (χ4v) is 3.28. The number of hydrogen-bond acceptors (Lipinski definition) is 3. The summed E-state index contributed by atoms with van der Waals surface area (Å²) in [6.45, 7) is 1.64. The van der Waals surface area contributed by atoms with Crippen molar-refractivity contribution in [3.05, 3.63) is 46.3 Å². The molecule has 0 spiro atoms. The molecule has 1 saturated heterocycles. The van der Waals surface area contributed by atoms with E-state index >= 15 is 0 Å². The van der Waals surface area contributed by atoms with Gasteiger partial charge in [-0.1, -0.05) is 6.07 Å². The van der Waals surface area contributed by atoms with Crippen LogP contribution in [0.4, 0.5) is 5.69 Å². The fraction of sp³-hybridized carbons (Fsp3) is 0.333. The highest BCUT2D eigenvalue weighted by Crippen LogP contribution is 2.28. The Morgan fingerprint density at radius 2 is 2.09 bits per heavy atom. The van der Waals surface area contributed by atoms with Gasteiger partial charge in [-0.05, 0) is 72.8 Å². The standard InChI is InChI=1S/C15H17IN4O.ClH/c16-12-3-1-4-13(11-12)19-14(21)15(5-8-17-9-6-15)20-10-2-7-18-20;/h1-4,7,10-11,17H,5-6,8-9H2,(H,19,21);1H. The Bertz CT molecular complexity index is 626. The molecule has 1 fully saturated rings. The van der Waals surface area contributed by atoms with E-state index in [0.29, 0.717) is 0 Å². The molecule has 0 bridgehead atoms. The van der Waals surface area contributed by atoms with Gasteiger partial charge in [-0.25, -0.2) is 0 Å². The zero-order valence-electron chi connectivity index (χ0n) is 12.0. The molecule has 118 valence electrons. The number of rotatable bonds is 3. The predicted molar refractivity (Wildman–Crippen MR) is 97.3 cm³/mol. The molecule has 2 N–H and O–H groups in total. The van der Waals surface area contributed by atoms with Crippen LogP contribution in [-0.4, -0.2) is 28.8 Å². The first-order valence-electron chi connectivity index (χ1n) is 6.99. The molecular weight excluding hydrogens is 415 g/mol. The van der Waals surface area contributed by atoms with Crippen LogP contribution >= 0.6 is 35.0 Å². The zero-order chi connectivity index (χ0) is 14.7. The first-order chi connectivity index (χ1) is 10.2. The van der Waals surface area contributed by atoms with Gasteiger partial charge in [0.05, 0.1) is 0 Å². The molecule has 2 heterocycles. The molecule has 3 rings (SSSR count). The van der Waals surface area contributed by atoms with Crippen molar-refractivity contribution in [3.8, 4) is 0 Å². The first-order valence-corrected chi connectivity index (χ1v) is 8.06. The lowest BCUT2D eigenvalue weighted by Crippen LogP contribution is -2.52. The maximum Gasteiger partial charge on any atom is 0.252 e. The minimum absolute atomic E-state index is 0. The molecule has 0 atom stereocenters. The van der Waals surface area contributed by atoms with Gasteiger partial charge in [0.15, 0.2) is 0 Å². The number of benzene rings is 1. The Hall–Kier alpha value is -1.12. The summed E-state index contributed by atoms with van der Waals surface area (Å²) < 4.78 is 2.90. The van der Waals surface area contributed by atoms with Gasteiger partial charge in [0, 0.05) is 21.7 Å². The monoisotopic (exact) mass is 432 g/mol. The van der Waals surface area contributed by atoms with E-state index in [0.717, 1.165) is 35.2 Å². The highest BCUT2D eigenvalue weighted by molar-refractivity contribution is 14.1. The highest BCUT2D eigenvalue weighted by Gasteiger charge is 2.41. The third-order valence-corrected chi connectivity index (χ3v) is 4.55. The molecule has 5 nitrogen and oxygen atoms in total. The smallest absolute Gasteiger partial charge is 0.252 e. The van der Waals surface area contributed by atoms with Gasteiger partial charge >= 0.3 is 0 Å². The van der Waals surface area contributed by atoms with E-state index in [1.807, 2.05) is 36.5 Å². The van der Waals surface area contributed by atoms with Crippen molar-refractivity contribution < 1.29 is 4.79 Å². The Morgan fingerprint density at radius 3 is 2.73 bits per heavy atom. The summed E-state index contributed by atoms with van der Waals surface area (Å²) in [6, 6.07) is 9.70. The SMILES string of the molecule is Cl.O=C(Nc1cccc(I)c1)C1(n2cccn2)CCNCC1. The predicted octanol–water partition coefficient (Wildman–Crippen LogP) is 2.63. The van der Waals surface area contributed by atoms with E-state index in [9.17, 15) is 4.79 Å². The molecule has 0 unspecified atom stereocenters. The number of amides is 1. The van der Waals surface area contributed by atoms with Crippen molar-refractivity contribution in [2.24, 2.45) is 0 Å². The van der Waals surface area contributed by atoms with E-state index in [4.69, 9.17) is 0 Å². The third kappa shape index (κ3) is 3.44. The largest absolute Gasteiger partial charge is 0.324 e. The minimum Gasteiger partial charge on any atom is -0.324 e. The topological polar surface area (TPSA) is 59.0 Å². The number of nitrogens with zero attached hydrogens (tertiary/aromatic N) is 2.